The molecule has 0 aromatic carbocycles. The fraction of sp³-hybridized carbons (Fsp3) is 0.667. The van der Waals surface area contributed by atoms with E-state index in [0.717, 1.165) is 0 Å². The first kappa shape index (κ1) is 20.2. The molecule has 0 amide bonds. The van der Waals surface area contributed by atoms with Gasteiger partial charge in [0.05, 0.1) is 20.1 Å². The molecular weight excluding hydrogens is 570 g/mol. The lowest BCUT2D eigenvalue weighted by molar-refractivity contribution is 0.0642. The Morgan fingerprint density at radius 2 is 0.875 bits per heavy atom. The highest BCUT2D eigenvalue weighted by Crippen LogP contribution is 2.91. The zero-order valence-electron chi connectivity index (χ0n) is 10.7. The highest BCUT2D eigenvalue weighted by Gasteiger charge is 2.99. The van der Waals surface area contributed by atoms with Crippen molar-refractivity contribution in [1.82, 2.24) is 0 Å². The summed E-state index contributed by atoms with van der Waals surface area (Å²) in [6.45, 7) is 0. The van der Waals surface area contributed by atoms with Crippen molar-refractivity contribution in [3.63, 3.8) is 0 Å². The summed E-state index contributed by atoms with van der Waals surface area (Å²) in [5.41, 5.74) is 0. The molecule has 0 unspecified atom stereocenters. The third-order valence-electron chi connectivity index (χ3n) is 5.57. The fourth-order valence-corrected chi connectivity index (χ4v) is 10.7. The zero-order valence-corrected chi connectivity index (χ0v) is 19.8. The number of halogens is 12. The van der Waals surface area contributed by atoms with Crippen LogP contribution in [0.5, 0.6) is 0 Å². The smallest absolute Gasteiger partial charge is 0.113 e. The largest absolute Gasteiger partial charge is 0.176 e. The summed E-state index contributed by atoms with van der Waals surface area (Å²) in [6, 6.07) is 0. The molecule has 4 aliphatic carbocycles. The van der Waals surface area contributed by atoms with Crippen LogP contribution in [0.2, 0.25) is 0 Å². The van der Waals surface area contributed by atoms with Gasteiger partial charge in [-0.25, -0.2) is 0 Å². The highest BCUT2D eigenvalue weighted by atomic mass is 35.5. The second kappa shape index (κ2) is 4.98. The third kappa shape index (κ3) is 1.46. The van der Waals surface area contributed by atoms with Gasteiger partial charge in [-0.3, -0.25) is 0 Å². The van der Waals surface area contributed by atoms with Gasteiger partial charge >= 0.3 is 0 Å². The molecule has 0 radical (unpaired) electrons. The molecule has 0 spiro atoms. The second-order valence-corrected chi connectivity index (χ2v) is 12.8. The molecule has 2 saturated carbocycles. The van der Waals surface area contributed by atoms with Crippen LogP contribution in [0.25, 0.3) is 0 Å². The minimum Gasteiger partial charge on any atom is -0.113 e. The summed E-state index contributed by atoms with van der Waals surface area (Å²) < 4.78 is -3.70. The minimum absolute atomic E-state index is 0.0203. The average molecular weight is 572 g/mol. The predicted octanol–water partition coefficient (Wildman–Crippen LogP) is 7.91. The van der Waals surface area contributed by atoms with Crippen LogP contribution < -0.4 is 0 Å². The van der Waals surface area contributed by atoms with Crippen LogP contribution >= 0.6 is 139 Å². The van der Waals surface area contributed by atoms with Crippen LogP contribution in [0.3, 0.4) is 0 Å². The number of rotatable bonds is 0. The number of hydrogen-bond donors (Lipinski definition) is 0. The quantitative estimate of drug-likeness (QED) is 0.259. The molecule has 0 N–H and O–H groups in total. The van der Waals surface area contributed by atoms with Crippen molar-refractivity contribution in [3.8, 4) is 0 Å². The lowest BCUT2D eigenvalue weighted by Gasteiger charge is -2.65. The monoisotopic (exact) mass is 566 g/mol. The summed E-state index contributed by atoms with van der Waals surface area (Å²) in [5, 5.41) is -0.222. The average Bonchev–Trinajstić information content (AvgIpc) is 2.73. The Balaban J connectivity index is 2.09. The van der Waals surface area contributed by atoms with Gasteiger partial charge in [-0.2, -0.15) is 0 Å². The Morgan fingerprint density at radius 1 is 0.500 bits per heavy atom. The number of hydrogen-bond acceptors (Lipinski definition) is 0. The predicted molar refractivity (Wildman–Crippen MR) is 108 cm³/mol. The maximum Gasteiger partial charge on any atom is 0.176 e. The summed E-state index contributed by atoms with van der Waals surface area (Å²) in [6.07, 6.45) is 0. The van der Waals surface area contributed by atoms with Crippen molar-refractivity contribution in [1.29, 1.82) is 0 Å². The minimum atomic E-state index is -1.86. The van der Waals surface area contributed by atoms with Crippen molar-refractivity contribution in [2.45, 2.75) is 28.2 Å². The molecule has 4 aliphatic rings. The van der Waals surface area contributed by atoms with E-state index >= 15 is 0 Å². The SMILES string of the molecule is ClC1=C(Cl)[C@]2(Cl)[C@@H]3[C@H]([C@]4(Cl)C(Cl)=C(Cl)[C@]3(Cl)C4(Cl)Cl)[C@@]2(Cl)C1(Cl)Cl. The lowest BCUT2D eigenvalue weighted by Crippen LogP contribution is -2.78. The van der Waals surface area contributed by atoms with Crippen molar-refractivity contribution >= 4 is 139 Å². The van der Waals surface area contributed by atoms with E-state index in [4.69, 9.17) is 139 Å². The van der Waals surface area contributed by atoms with Crippen molar-refractivity contribution in [2.24, 2.45) is 11.8 Å². The van der Waals surface area contributed by atoms with Gasteiger partial charge in [-0.05, 0) is 0 Å². The molecule has 0 nitrogen and oxygen atoms in total. The Bertz CT molecular complexity index is 768. The first-order chi connectivity index (χ1) is 10.6. The van der Waals surface area contributed by atoms with Crippen LogP contribution in [0.4, 0.5) is 0 Å². The van der Waals surface area contributed by atoms with E-state index in [1.807, 2.05) is 0 Å². The van der Waals surface area contributed by atoms with E-state index in [1.165, 1.54) is 0 Å². The fourth-order valence-electron chi connectivity index (χ4n) is 4.52. The Labute approximate surface area is 197 Å². The molecule has 2 fully saturated rings. The van der Waals surface area contributed by atoms with Gasteiger partial charge < -0.3 is 0 Å². The molecule has 0 aromatic heterocycles. The van der Waals surface area contributed by atoms with E-state index in [2.05, 4.69) is 0 Å². The van der Waals surface area contributed by atoms with Crippen molar-refractivity contribution < 1.29 is 0 Å². The van der Waals surface area contributed by atoms with Crippen LogP contribution in [0, 0.1) is 11.8 Å². The van der Waals surface area contributed by atoms with Crippen LogP contribution in [0.15, 0.2) is 20.1 Å². The van der Waals surface area contributed by atoms with Gasteiger partial charge in [0, 0.05) is 11.8 Å². The van der Waals surface area contributed by atoms with Gasteiger partial charge in [-0.15, -0.1) is 46.4 Å². The summed E-state index contributed by atoms with van der Waals surface area (Å²) in [4.78, 5) is -6.55. The molecule has 0 heterocycles. The highest BCUT2D eigenvalue weighted by molar-refractivity contribution is 6.70. The number of allylic oxidation sites excluding steroid dienone is 4. The Hall–Kier alpha value is 2.96. The molecule has 24 heavy (non-hydrogen) atoms. The Kier molecular flexibility index (Phi) is 4.20. The molecule has 0 aromatic rings. The third-order valence-corrected chi connectivity index (χ3v) is 14.0. The maximum atomic E-state index is 6.82. The van der Waals surface area contributed by atoms with E-state index < -0.39 is 40.0 Å². The van der Waals surface area contributed by atoms with E-state index in [0.29, 0.717) is 0 Å². The molecule has 0 saturated heterocycles. The molecule has 4 rings (SSSR count). The van der Waals surface area contributed by atoms with E-state index in [-0.39, 0.29) is 20.1 Å². The summed E-state index contributed by atoms with van der Waals surface area (Å²) in [5.74, 6) is -1.66. The van der Waals surface area contributed by atoms with Gasteiger partial charge in [0.1, 0.15) is 19.5 Å². The Morgan fingerprint density at radius 3 is 1.33 bits per heavy atom. The van der Waals surface area contributed by atoms with Crippen LogP contribution in [0.1, 0.15) is 0 Å². The van der Waals surface area contributed by atoms with Crippen LogP contribution in [-0.2, 0) is 0 Å². The van der Waals surface area contributed by atoms with Crippen LogP contribution in [-0.4, -0.2) is 28.2 Å². The molecule has 6 atom stereocenters. The molecule has 12 heteroatoms. The van der Waals surface area contributed by atoms with Crippen molar-refractivity contribution in [3.05, 3.63) is 20.1 Å². The van der Waals surface area contributed by atoms with Gasteiger partial charge in [0.2, 0.25) is 0 Å². The molecule has 0 aliphatic heterocycles. The number of alkyl halides is 8. The summed E-state index contributed by atoms with van der Waals surface area (Å²) >= 11 is 78.3. The standard InChI is InChI=1S/C12H2Cl12/c13-3-4(14)9(19)2-1(8(3,18)12(9,23)24)7(17)5(15)6(16)11(21,22)10(2,7)20/h1-2H/t1-,2+,7+,8-,9-,10-/m0/s1. The second-order valence-electron chi connectivity index (χ2n) is 6.21. The molecule has 134 valence electrons. The first-order valence-corrected chi connectivity index (χ1v) is 10.8. The lowest BCUT2D eigenvalue weighted by atomic mass is 9.52. The summed E-state index contributed by atoms with van der Waals surface area (Å²) in [7, 11) is 0. The normalized spacial score (nSPS) is 56.5. The van der Waals surface area contributed by atoms with Gasteiger partial charge in [0.25, 0.3) is 0 Å². The van der Waals surface area contributed by atoms with Crippen molar-refractivity contribution in [2.75, 3.05) is 0 Å². The van der Waals surface area contributed by atoms with Gasteiger partial charge in [0.15, 0.2) is 8.67 Å². The van der Waals surface area contributed by atoms with E-state index in [1.54, 1.807) is 0 Å². The zero-order chi connectivity index (χ0) is 18.5. The molecule has 2 bridgehead atoms. The van der Waals surface area contributed by atoms with Gasteiger partial charge in [-0.1, -0.05) is 92.8 Å². The topological polar surface area (TPSA) is 0 Å². The molecular formula is C12H2Cl12. The maximum absolute atomic E-state index is 6.82. The first-order valence-electron chi connectivity index (χ1n) is 6.26. The number of fused-ring (bicyclic) bond motifs is 8. The van der Waals surface area contributed by atoms with E-state index in [9.17, 15) is 0 Å².